The maximum Gasteiger partial charge on any atom is 0.273 e. The maximum absolute atomic E-state index is 11.5. The minimum absolute atomic E-state index is 0.0692. The number of nitro benzene ring substituents is 1. The normalized spacial score (nSPS) is 14.4. The van der Waals surface area contributed by atoms with Gasteiger partial charge in [0.1, 0.15) is 0 Å². The summed E-state index contributed by atoms with van der Waals surface area (Å²) in [6.45, 7) is 5.45. The van der Waals surface area contributed by atoms with Crippen molar-refractivity contribution >= 4 is 17.5 Å². The van der Waals surface area contributed by atoms with E-state index in [-0.39, 0.29) is 16.8 Å². The molecule has 0 radical (unpaired) electrons. The van der Waals surface area contributed by atoms with Gasteiger partial charge in [0.25, 0.3) is 17.5 Å². The Bertz CT molecular complexity index is 584. The Balaban J connectivity index is 2.76. The van der Waals surface area contributed by atoms with Crippen LogP contribution in [0.1, 0.15) is 47.1 Å². The van der Waals surface area contributed by atoms with Crippen molar-refractivity contribution < 1.29 is 14.5 Å². The van der Waals surface area contributed by atoms with E-state index in [0.717, 1.165) is 0 Å². The minimum atomic E-state index is -0.585. The molecule has 1 aliphatic rings. The lowest BCUT2D eigenvalue weighted by Gasteiger charge is -2.19. The summed E-state index contributed by atoms with van der Waals surface area (Å²) in [6, 6.07) is 2.61. The highest BCUT2D eigenvalue weighted by Crippen LogP contribution is 2.34. The van der Waals surface area contributed by atoms with Crippen molar-refractivity contribution in [3.63, 3.8) is 0 Å². The molecular formula is C12H12N2O4. The number of carbonyl (C=O) groups is 2. The molecule has 6 heteroatoms. The zero-order valence-electron chi connectivity index (χ0n) is 10.2. The monoisotopic (exact) mass is 248 g/mol. The smallest absolute Gasteiger partial charge is 0.273 e. The standard InChI is InChI=1S/C12H12N2O4/c1-12(2,3)8-4-6-7(5-9(8)14(17)18)11(16)13-10(6)15/h4-5H,1-3H3,(H,13,15,16). The van der Waals surface area contributed by atoms with E-state index in [1.807, 2.05) is 20.8 Å². The first kappa shape index (κ1) is 12.2. The number of amides is 2. The highest BCUT2D eigenvalue weighted by atomic mass is 16.6. The molecule has 1 aromatic rings. The second-order valence-electron chi connectivity index (χ2n) is 5.21. The second-order valence-corrected chi connectivity index (χ2v) is 5.21. The Labute approximate surface area is 103 Å². The molecule has 2 rings (SSSR count). The molecule has 0 unspecified atom stereocenters. The van der Waals surface area contributed by atoms with Gasteiger partial charge >= 0.3 is 0 Å². The summed E-state index contributed by atoms with van der Waals surface area (Å²) in [5, 5.41) is 13.2. The largest absolute Gasteiger partial charge is 0.288 e. The maximum atomic E-state index is 11.5. The molecule has 0 saturated carbocycles. The molecule has 0 spiro atoms. The summed E-state index contributed by atoms with van der Waals surface area (Å²) in [5.74, 6) is -1.09. The van der Waals surface area contributed by atoms with Gasteiger partial charge in [-0.1, -0.05) is 20.8 Å². The molecule has 18 heavy (non-hydrogen) atoms. The molecule has 0 fully saturated rings. The number of nitrogens with one attached hydrogen (secondary N) is 1. The number of rotatable bonds is 1. The lowest BCUT2D eigenvalue weighted by Crippen LogP contribution is -2.20. The third-order valence-corrected chi connectivity index (χ3v) is 2.86. The molecule has 1 aromatic carbocycles. The zero-order chi connectivity index (χ0) is 13.7. The highest BCUT2D eigenvalue weighted by molar-refractivity contribution is 6.21. The van der Waals surface area contributed by atoms with Crippen molar-refractivity contribution in [2.24, 2.45) is 0 Å². The van der Waals surface area contributed by atoms with Crippen molar-refractivity contribution in [2.75, 3.05) is 0 Å². The van der Waals surface area contributed by atoms with Gasteiger partial charge in [-0.15, -0.1) is 0 Å². The van der Waals surface area contributed by atoms with E-state index in [1.165, 1.54) is 12.1 Å². The van der Waals surface area contributed by atoms with E-state index in [0.29, 0.717) is 5.56 Å². The molecule has 2 amide bonds. The summed E-state index contributed by atoms with van der Waals surface area (Å²) < 4.78 is 0. The van der Waals surface area contributed by atoms with Crippen molar-refractivity contribution in [1.82, 2.24) is 5.32 Å². The van der Waals surface area contributed by atoms with E-state index >= 15 is 0 Å². The van der Waals surface area contributed by atoms with Crippen LogP contribution in [0, 0.1) is 10.1 Å². The van der Waals surface area contributed by atoms with Crippen LogP contribution in [0.25, 0.3) is 0 Å². The molecule has 0 aliphatic carbocycles. The van der Waals surface area contributed by atoms with Crippen LogP contribution in [0.3, 0.4) is 0 Å². The molecule has 0 bridgehead atoms. The summed E-state index contributed by atoms with van der Waals surface area (Å²) in [7, 11) is 0. The van der Waals surface area contributed by atoms with Gasteiger partial charge in [-0.3, -0.25) is 25.0 Å². The molecule has 0 aromatic heterocycles. The predicted octanol–water partition coefficient (Wildman–Crippen LogP) is 1.78. The van der Waals surface area contributed by atoms with Gasteiger partial charge in [0, 0.05) is 11.6 Å². The lowest BCUT2D eigenvalue weighted by atomic mass is 9.84. The fourth-order valence-corrected chi connectivity index (χ4v) is 1.95. The van der Waals surface area contributed by atoms with Crippen LogP contribution in [0.4, 0.5) is 5.69 Å². The molecule has 6 nitrogen and oxygen atoms in total. The topological polar surface area (TPSA) is 89.3 Å². The van der Waals surface area contributed by atoms with E-state index in [2.05, 4.69) is 5.32 Å². The van der Waals surface area contributed by atoms with Gasteiger partial charge in [-0.2, -0.15) is 0 Å². The van der Waals surface area contributed by atoms with Crippen LogP contribution < -0.4 is 5.32 Å². The number of nitrogens with zero attached hydrogens (tertiary/aromatic N) is 1. The fraction of sp³-hybridized carbons (Fsp3) is 0.333. The first-order valence-electron chi connectivity index (χ1n) is 5.40. The van der Waals surface area contributed by atoms with Gasteiger partial charge in [-0.25, -0.2) is 0 Å². The van der Waals surface area contributed by atoms with Crippen molar-refractivity contribution in [2.45, 2.75) is 26.2 Å². The number of fused-ring (bicyclic) bond motifs is 1. The molecule has 0 atom stereocenters. The lowest BCUT2D eigenvalue weighted by molar-refractivity contribution is -0.386. The van der Waals surface area contributed by atoms with Gasteiger partial charge in [0.2, 0.25) is 0 Å². The average molecular weight is 248 g/mol. The number of benzene rings is 1. The van der Waals surface area contributed by atoms with Crippen molar-refractivity contribution in [3.05, 3.63) is 38.9 Å². The summed E-state index contributed by atoms with van der Waals surface area (Å²) in [5.41, 5.74) is 0.0982. The SMILES string of the molecule is CC(C)(C)c1cc2c(cc1[N+](=O)[O-])C(=O)NC2=O. The molecular weight excluding hydrogens is 236 g/mol. The zero-order valence-corrected chi connectivity index (χ0v) is 10.2. The van der Waals surface area contributed by atoms with Crippen LogP contribution in [0.5, 0.6) is 0 Å². The number of hydrogen-bond donors (Lipinski definition) is 1. The van der Waals surface area contributed by atoms with E-state index in [1.54, 1.807) is 0 Å². The van der Waals surface area contributed by atoms with Crippen molar-refractivity contribution in [3.8, 4) is 0 Å². The Morgan fingerprint density at radius 2 is 1.61 bits per heavy atom. The second kappa shape index (κ2) is 3.63. The number of carbonyl (C=O) groups excluding carboxylic acids is 2. The van der Waals surface area contributed by atoms with Crippen LogP contribution >= 0.6 is 0 Å². The highest BCUT2D eigenvalue weighted by Gasteiger charge is 2.34. The third-order valence-electron chi connectivity index (χ3n) is 2.86. The third kappa shape index (κ3) is 1.75. The molecule has 0 saturated heterocycles. The summed E-state index contributed by atoms with van der Waals surface area (Å²) in [6.07, 6.45) is 0. The average Bonchev–Trinajstić information content (AvgIpc) is 2.51. The van der Waals surface area contributed by atoms with Crippen LogP contribution in [-0.2, 0) is 5.41 Å². The van der Waals surface area contributed by atoms with Crippen molar-refractivity contribution in [1.29, 1.82) is 0 Å². The molecule has 94 valence electrons. The van der Waals surface area contributed by atoms with Crippen LogP contribution in [0.15, 0.2) is 12.1 Å². The van der Waals surface area contributed by atoms with Gasteiger partial charge < -0.3 is 0 Å². The summed E-state index contributed by atoms with van der Waals surface area (Å²) in [4.78, 5) is 33.5. The summed E-state index contributed by atoms with van der Waals surface area (Å²) >= 11 is 0. The fourth-order valence-electron chi connectivity index (χ4n) is 1.95. The number of imide groups is 1. The Hall–Kier alpha value is -2.24. The first-order valence-corrected chi connectivity index (χ1v) is 5.40. The van der Waals surface area contributed by atoms with Crippen LogP contribution in [0.2, 0.25) is 0 Å². The van der Waals surface area contributed by atoms with E-state index < -0.39 is 22.2 Å². The number of nitro groups is 1. The predicted molar refractivity (Wildman–Crippen MR) is 63.6 cm³/mol. The Morgan fingerprint density at radius 3 is 2.06 bits per heavy atom. The Kier molecular flexibility index (Phi) is 2.46. The van der Waals surface area contributed by atoms with E-state index in [9.17, 15) is 19.7 Å². The molecule has 1 heterocycles. The number of hydrogen-bond acceptors (Lipinski definition) is 4. The van der Waals surface area contributed by atoms with Gasteiger partial charge in [0.05, 0.1) is 16.1 Å². The van der Waals surface area contributed by atoms with Crippen LogP contribution in [-0.4, -0.2) is 16.7 Å². The van der Waals surface area contributed by atoms with Gasteiger partial charge in [0.15, 0.2) is 0 Å². The molecule has 1 aliphatic heterocycles. The Morgan fingerprint density at radius 1 is 1.11 bits per heavy atom. The van der Waals surface area contributed by atoms with E-state index in [4.69, 9.17) is 0 Å². The first-order chi connectivity index (χ1) is 8.21. The van der Waals surface area contributed by atoms with Gasteiger partial charge in [-0.05, 0) is 11.5 Å². The molecule has 1 N–H and O–H groups in total. The quantitative estimate of drug-likeness (QED) is 0.466. The minimum Gasteiger partial charge on any atom is -0.288 e.